The predicted molar refractivity (Wildman–Crippen MR) is 99.3 cm³/mol. The van der Waals surface area contributed by atoms with Crippen molar-refractivity contribution in [1.82, 2.24) is 9.21 Å². The second-order valence-corrected chi connectivity index (χ2v) is 9.00. The topological polar surface area (TPSA) is 60.9 Å². The van der Waals surface area contributed by atoms with Gasteiger partial charge in [0.15, 0.2) is 0 Å². The summed E-state index contributed by atoms with van der Waals surface area (Å²) in [5, 5.41) is 0. The molecule has 0 bridgehead atoms. The number of nitrogens with zero attached hydrogens (tertiary/aromatic N) is 3. The molecular weight excluding hydrogens is 338 g/mol. The van der Waals surface area contributed by atoms with Crippen molar-refractivity contribution >= 4 is 21.6 Å². The van der Waals surface area contributed by atoms with Crippen molar-refractivity contribution in [3.63, 3.8) is 0 Å². The largest absolute Gasteiger partial charge is 0.368 e. The summed E-state index contributed by atoms with van der Waals surface area (Å²) in [6, 6.07) is 5.79. The Morgan fingerprint density at radius 2 is 1.76 bits per heavy atom. The first-order valence-corrected chi connectivity index (χ1v) is 10.7. The van der Waals surface area contributed by atoms with Crippen LogP contribution in [0, 0.1) is 13.8 Å². The molecule has 6 nitrogen and oxygen atoms in total. The van der Waals surface area contributed by atoms with Crippen LogP contribution in [0.1, 0.15) is 24.0 Å². The summed E-state index contributed by atoms with van der Waals surface area (Å²) < 4.78 is 25.1. The van der Waals surface area contributed by atoms with Crippen molar-refractivity contribution < 1.29 is 13.2 Å². The minimum absolute atomic E-state index is 0.0384. The van der Waals surface area contributed by atoms with Crippen LogP contribution in [-0.4, -0.2) is 68.6 Å². The van der Waals surface area contributed by atoms with Gasteiger partial charge in [-0.15, -0.1) is 0 Å². The molecule has 0 radical (unpaired) electrons. The van der Waals surface area contributed by atoms with Crippen molar-refractivity contribution in [1.29, 1.82) is 0 Å². The number of sulfonamides is 1. The molecule has 1 aromatic carbocycles. The monoisotopic (exact) mass is 365 g/mol. The van der Waals surface area contributed by atoms with Gasteiger partial charge in [-0.05, 0) is 43.9 Å². The number of rotatable bonds is 3. The van der Waals surface area contributed by atoms with Crippen LogP contribution in [0.4, 0.5) is 5.69 Å². The highest BCUT2D eigenvalue weighted by molar-refractivity contribution is 7.88. The van der Waals surface area contributed by atoms with Gasteiger partial charge in [-0.3, -0.25) is 4.79 Å². The van der Waals surface area contributed by atoms with Crippen molar-refractivity contribution in [2.45, 2.75) is 32.7 Å². The first-order chi connectivity index (χ1) is 11.8. The third-order valence-electron chi connectivity index (χ3n) is 5.42. The summed E-state index contributed by atoms with van der Waals surface area (Å²) in [5.41, 5.74) is 3.78. The molecule has 25 heavy (non-hydrogen) atoms. The number of carbonyl (C=O) groups excluding carboxylic acids is 1. The molecule has 0 unspecified atom stereocenters. The fourth-order valence-corrected chi connectivity index (χ4v) is 4.96. The van der Waals surface area contributed by atoms with E-state index in [1.165, 1.54) is 27.4 Å². The fourth-order valence-electron chi connectivity index (χ4n) is 3.84. The molecular formula is C18H27N3O3S. The molecule has 0 N–H and O–H groups in total. The minimum atomic E-state index is -3.32. The van der Waals surface area contributed by atoms with Crippen LogP contribution in [0.3, 0.4) is 0 Å². The lowest BCUT2D eigenvalue weighted by Crippen LogP contribution is -2.54. The molecule has 2 saturated heterocycles. The maximum atomic E-state index is 12.8. The van der Waals surface area contributed by atoms with Crippen LogP contribution in [0.5, 0.6) is 0 Å². The molecule has 2 aliphatic rings. The second kappa shape index (κ2) is 6.96. The predicted octanol–water partition coefficient (Wildman–Crippen LogP) is 1.38. The first-order valence-electron chi connectivity index (χ1n) is 8.86. The number of anilines is 1. The van der Waals surface area contributed by atoms with Crippen LogP contribution >= 0.6 is 0 Å². The highest BCUT2D eigenvalue weighted by Crippen LogP contribution is 2.26. The van der Waals surface area contributed by atoms with E-state index in [1.807, 2.05) is 4.90 Å². The minimum Gasteiger partial charge on any atom is -0.368 e. The Labute approximate surface area is 150 Å². The van der Waals surface area contributed by atoms with Crippen LogP contribution in [0.2, 0.25) is 0 Å². The van der Waals surface area contributed by atoms with E-state index in [2.05, 4.69) is 36.9 Å². The summed E-state index contributed by atoms with van der Waals surface area (Å²) >= 11 is 0. The number of carbonyl (C=O) groups is 1. The molecule has 2 heterocycles. The van der Waals surface area contributed by atoms with Crippen LogP contribution in [0.25, 0.3) is 0 Å². The van der Waals surface area contributed by atoms with Crippen molar-refractivity contribution in [3.05, 3.63) is 29.3 Å². The Hall–Kier alpha value is -1.60. The molecule has 0 saturated carbocycles. The quantitative estimate of drug-likeness (QED) is 0.812. The number of piperazine rings is 1. The maximum absolute atomic E-state index is 12.8. The van der Waals surface area contributed by atoms with Gasteiger partial charge in [-0.25, -0.2) is 8.42 Å². The zero-order valence-corrected chi connectivity index (χ0v) is 16.1. The summed E-state index contributed by atoms with van der Waals surface area (Å²) in [7, 11) is -3.32. The van der Waals surface area contributed by atoms with Gasteiger partial charge in [-0.2, -0.15) is 4.31 Å². The zero-order chi connectivity index (χ0) is 18.2. The van der Waals surface area contributed by atoms with Gasteiger partial charge in [-0.1, -0.05) is 12.1 Å². The van der Waals surface area contributed by atoms with Crippen LogP contribution in [0.15, 0.2) is 18.2 Å². The maximum Gasteiger partial charge on any atom is 0.241 e. The molecule has 138 valence electrons. The Bertz CT molecular complexity index is 755. The van der Waals surface area contributed by atoms with E-state index in [-0.39, 0.29) is 5.91 Å². The third-order valence-corrected chi connectivity index (χ3v) is 6.71. The summed E-state index contributed by atoms with van der Waals surface area (Å²) in [5.74, 6) is -0.0384. The fraction of sp³-hybridized carbons (Fsp3) is 0.611. The molecule has 1 aromatic rings. The van der Waals surface area contributed by atoms with Gasteiger partial charge in [0.25, 0.3) is 0 Å². The molecule has 2 fully saturated rings. The highest BCUT2D eigenvalue weighted by atomic mass is 32.2. The van der Waals surface area contributed by atoms with Gasteiger partial charge in [0.1, 0.15) is 6.04 Å². The number of aryl methyl sites for hydroxylation is 1. The number of hydrogen-bond donors (Lipinski definition) is 0. The summed E-state index contributed by atoms with van der Waals surface area (Å²) in [6.45, 7) is 7.53. The number of benzene rings is 1. The van der Waals surface area contributed by atoms with Crippen molar-refractivity contribution in [2.24, 2.45) is 0 Å². The molecule has 1 atom stereocenters. The van der Waals surface area contributed by atoms with E-state index in [0.717, 1.165) is 19.5 Å². The van der Waals surface area contributed by atoms with Crippen LogP contribution < -0.4 is 4.90 Å². The normalized spacial score (nSPS) is 22.4. The number of amides is 1. The third kappa shape index (κ3) is 3.67. The lowest BCUT2D eigenvalue weighted by atomic mass is 10.1. The van der Waals surface area contributed by atoms with Gasteiger partial charge in [0, 0.05) is 38.4 Å². The molecule has 2 aliphatic heterocycles. The molecule has 3 rings (SSSR count). The Kier molecular flexibility index (Phi) is 5.06. The molecule has 0 aliphatic carbocycles. The van der Waals surface area contributed by atoms with Gasteiger partial charge >= 0.3 is 0 Å². The van der Waals surface area contributed by atoms with Gasteiger partial charge in [0.2, 0.25) is 15.9 Å². The lowest BCUT2D eigenvalue weighted by molar-refractivity contribution is -0.134. The molecule has 0 aromatic heterocycles. The van der Waals surface area contributed by atoms with Crippen molar-refractivity contribution in [3.8, 4) is 0 Å². The van der Waals surface area contributed by atoms with Crippen LogP contribution in [-0.2, 0) is 14.8 Å². The van der Waals surface area contributed by atoms with E-state index >= 15 is 0 Å². The van der Waals surface area contributed by atoms with E-state index < -0.39 is 16.1 Å². The SMILES string of the molecule is Cc1cccc(N2CCN(C(=O)[C@@H]3CCCN3S(C)(=O)=O)CC2)c1C. The Balaban J connectivity index is 1.66. The number of hydrogen-bond acceptors (Lipinski definition) is 4. The summed E-state index contributed by atoms with van der Waals surface area (Å²) in [4.78, 5) is 17.0. The molecule has 7 heteroatoms. The van der Waals surface area contributed by atoms with Crippen molar-refractivity contribution in [2.75, 3.05) is 43.9 Å². The smallest absolute Gasteiger partial charge is 0.241 e. The van der Waals surface area contributed by atoms with Gasteiger partial charge in [0.05, 0.1) is 6.26 Å². The average molecular weight is 365 g/mol. The second-order valence-electron chi connectivity index (χ2n) is 7.06. The lowest BCUT2D eigenvalue weighted by Gasteiger charge is -2.38. The van der Waals surface area contributed by atoms with Gasteiger partial charge < -0.3 is 9.80 Å². The van der Waals surface area contributed by atoms with E-state index in [4.69, 9.17) is 0 Å². The van der Waals surface area contributed by atoms with E-state index in [9.17, 15) is 13.2 Å². The Morgan fingerprint density at radius 1 is 1.08 bits per heavy atom. The average Bonchev–Trinajstić information content (AvgIpc) is 3.07. The van der Waals surface area contributed by atoms with E-state index in [0.29, 0.717) is 26.1 Å². The highest BCUT2D eigenvalue weighted by Gasteiger charge is 2.39. The van der Waals surface area contributed by atoms with E-state index in [1.54, 1.807) is 0 Å². The zero-order valence-electron chi connectivity index (χ0n) is 15.2. The Morgan fingerprint density at radius 3 is 2.40 bits per heavy atom. The first kappa shape index (κ1) is 18.2. The molecule has 1 amide bonds. The standard InChI is InChI=1S/C18H27N3O3S/c1-14-6-4-7-16(15(14)2)19-10-12-20(13-11-19)18(22)17-8-5-9-21(17)25(3,23)24/h4,6-7,17H,5,8-13H2,1-3H3/t17-/m0/s1. The summed E-state index contributed by atoms with van der Waals surface area (Å²) in [6.07, 6.45) is 2.58. The molecule has 0 spiro atoms.